The quantitative estimate of drug-likeness (QED) is 0.753. The maximum Gasteiger partial charge on any atom is 0.239 e. The van der Waals surface area contributed by atoms with Gasteiger partial charge in [0.05, 0.1) is 23.9 Å². The highest BCUT2D eigenvalue weighted by Gasteiger charge is 2.11. The molecule has 1 amide bonds. The van der Waals surface area contributed by atoms with E-state index >= 15 is 0 Å². The van der Waals surface area contributed by atoms with Crippen molar-refractivity contribution in [2.75, 3.05) is 26.0 Å². The van der Waals surface area contributed by atoms with Gasteiger partial charge in [-0.1, -0.05) is 0 Å². The number of hydrogen-bond acceptors (Lipinski definition) is 6. The van der Waals surface area contributed by atoms with E-state index in [-0.39, 0.29) is 12.5 Å². The number of nitrogens with zero attached hydrogens (tertiary/aromatic N) is 2. The summed E-state index contributed by atoms with van der Waals surface area (Å²) in [5.74, 6) is 1.40. The number of hydrogen-bond donors (Lipinski definition) is 2. The highest BCUT2D eigenvalue weighted by Crippen LogP contribution is 2.36. The second-order valence-electron chi connectivity index (χ2n) is 4.80. The lowest BCUT2D eigenvalue weighted by atomic mass is 10.2. The molecular formula is C16H16N4O2S. The molecule has 23 heavy (non-hydrogen) atoms. The monoisotopic (exact) mass is 328 g/mol. The minimum atomic E-state index is -0.0938. The van der Waals surface area contributed by atoms with Crippen LogP contribution in [0.15, 0.2) is 36.7 Å². The molecule has 0 bridgehead atoms. The third kappa shape index (κ3) is 3.24. The van der Waals surface area contributed by atoms with E-state index in [0.717, 1.165) is 26.4 Å². The highest BCUT2D eigenvalue weighted by molar-refractivity contribution is 7.22. The fraction of sp³-hybridized carbons (Fsp3) is 0.188. The second kappa shape index (κ2) is 6.62. The van der Waals surface area contributed by atoms with Gasteiger partial charge >= 0.3 is 0 Å². The Hall–Kier alpha value is -2.67. The summed E-state index contributed by atoms with van der Waals surface area (Å²) >= 11 is 1.59. The number of carbonyl (C=O) groups is 1. The van der Waals surface area contributed by atoms with Crippen LogP contribution in [0.5, 0.6) is 5.75 Å². The molecule has 0 radical (unpaired) electrons. The van der Waals surface area contributed by atoms with E-state index < -0.39 is 0 Å². The third-order valence-electron chi connectivity index (χ3n) is 3.38. The van der Waals surface area contributed by atoms with Gasteiger partial charge in [0, 0.05) is 11.9 Å². The minimum Gasteiger partial charge on any atom is -0.497 e. The average molecular weight is 328 g/mol. The van der Waals surface area contributed by atoms with Crippen LogP contribution in [0, 0.1) is 0 Å². The van der Waals surface area contributed by atoms with Crippen LogP contribution in [0.2, 0.25) is 0 Å². The number of fused-ring (bicyclic) bond motifs is 1. The molecule has 0 saturated carbocycles. The van der Waals surface area contributed by atoms with Gasteiger partial charge in [-0.2, -0.15) is 0 Å². The second-order valence-corrected chi connectivity index (χ2v) is 5.85. The van der Waals surface area contributed by atoms with E-state index in [4.69, 9.17) is 4.74 Å². The van der Waals surface area contributed by atoms with Crippen molar-refractivity contribution in [2.45, 2.75) is 0 Å². The molecule has 0 aliphatic carbocycles. The maximum absolute atomic E-state index is 11.4. The van der Waals surface area contributed by atoms with Gasteiger partial charge in [0.1, 0.15) is 17.9 Å². The number of anilines is 1. The predicted octanol–water partition coefficient (Wildman–Crippen LogP) is 2.52. The van der Waals surface area contributed by atoms with Gasteiger partial charge in [-0.25, -0.2) is 9.97 Å². The van der Waals surface area contributed by atoms with Gasteiger partial charge in [0.15, 0.2) is 0 Å². The Kier molecular flexibility index (Phi) is 4.38. The number of benzene rings is 1. The lowest BCUT2D eigenvalue weighted by Gasteiger charge is -2.04. The summed E-state index contributed by atoms with van der Waals surface area (Å²) in [7, 11) is 3.25. The molecule has 1 aromatic carbocycles. The minimum absolute atomic E-state index is 0.0938. The molecule has 2 N–H and O–H groups in total. The summed E-state index contributed by atoms with van der Waals surface area (Å²) in [5.41, 5.74) is 1.95. The first kappa shape index (κ1) is 15.2. The molecular weight excluding hydrogens is 312 g/mol. The van der Waals surface area contributed by atoms with Crippen LogP contribution in [0.1, 0.15) is 0 Å². The number of rotatable bonds is 5. The summed E-state index contributed by atoms with van der Waals surface area (Å²) in [6.07, 6.45) is 1.50. The SMILES string of the molecule is CNC(=O)CNc1ncnc2cc(-c3ccc(OC)cc3)sc12. The number of nitrogens with one attached hydrogen (secondary N) is 2. The zero-order valence-corrected chi connectivity index (χ0v) is 13.6. The van der Waals surface area contributed by atoms with Crippen molar-refractivity contribution >= 4 is 33.3 Å². The molecule has 0 spiro atoms. The molecule has 3 aromatic rings. The lowest BCUT2D eigenvalue weighted by Crippen LogP contribution is -2.26. The summed E-state index contributed by atoms with van der Waals surface area (Å²) < 4.78 is 6.11. The van der Waals surface area contributed by atoms with E-state index in [2.05, 4.69) is 20.6 Å². The van der Waals surface area contributed by atoms with Gasteiger partial charge in [-0.05, 0) is 35.9 Å². The van der Waals surface area contributed by atoms with Gasteiger partial charge in [0.2, 0.25) is 5.91 Å². The van der Waals surface area contributed by atoms with Gasteiger partial charge < -0.3 is 15.4 Å². The Balaban J connectivity index is 1.93. The van der Waals surface area contributed by atoms with Crippen molar-refractivity contribution in [1.29, 1.82) is 0 Å². The summed E-state index contributed by atoms with van der Waals surface area (Å²) in [4.78, 5) is 21.0. The average Bonchev–Trinajstić information content (AvgIpc) is 3.04. The molecule has 0 unspecified atom stereocenters. The van der Waals surface area contributed by atoms with Crippen molar-refractivity contribution in [1.82, 2.24) is 15.3 Å². The molecule has 0 fully saturated rings. The molecule has 7 heteroatoms. The number of ether oxygens (including phenoxy) is 1. The Morgan fingerprint density at radius 2 is 2.04 bits per heavy atom. The van der Waals surface area contributed by atoms with Crippen LogP contribution in [0.4, 0.5) is 5.82 Å². The first-order chi connectivity index (χ1) is 11.2. The van der Waals surface area contributed by atoms with Crippen molar-refractivity contribution in [2.24, 2.45) is 0 Å². The van der Waals surface area contributed by atoms with Crippen molar-refractivity contribution < 1.29 is 9.53 Å². The number of thiophene rings is 1. The van der Waals surface area contributed by atoms with E-state index in [9.17, 15) is 4.79 Å². The van der Waals surface area contributed by atoms with E-state index in [0.29, 0.717) is 5.82 Å². The number of amides is 1. The number of carbonyl (C=O) groups excluding carboxylic acids is 1. The standard InChI is InChI=1S/C16H16N4O2S/c1-17-14(21)8-18-16-15-12(19-9-20-16)7-13(23-15)10-3-5-11(22-2)6-4-10/h3-7,9H,8H2,1-2H3,(H,17,21)(H,18,19,20). The number of likely N-dealkylation sites (N-methyl/N-ethyl adjacent to an activating group) is 1. The van der Waals surface area contributed by atoms with Gasteiger partial charge in [-0.15, -0.1) is 11.3 Å². The topological polar surface area (TPSA) is 76.1 Å². The maximum atomic E-state index is 11.4. The molecule has 2 heterocycles. The van der Waals surface area contributed by atoms with Crippen LogP contribution in [-0.4, -0.2) is 36.6 Å². The van der Waals surface area contributed by atoms with Gasteiger partial charge in [0.25, 0.3) is 0 Å². The third-order valence-corrected chi connectivity index (χ3v) is 4.56. The predicted molar refractivity (Wildman–Crippen MR) is 92.0 cm³/mol. The molecule has 6 nitrogen and oxygen atoms in total. The zero-order chi connectivity index (χ0) is 16.2. The first-order valence-electron chi connectivity index (χ1n) is 7.04. The Morgan fingerprint density at radius 3 is 2.74 bits per heavy atom. The molecule has 0 aliphatic heterocycles. The van der Waals surface area contributed by atoms with Crippen LogP contribution in [0.3, 0.4) is 0 Å². The van der Waals surface area contributed by atoms with Crippen LogP contribution in [0.25, 0.3) is 20.7 Å². The van der Waals surface area contributed by atoms with E-state index in [1.165, 1.54) is 6.33 Å². The number of aromatic nitrogens is 2. The molecule has 0 aliphatic rings. The largest absolute Gasteiger partial charge is 0.497 e. The van der Waals surface area contributed by atoms with E-state index in [1.807, 2.05) is 30.3 Å². The molecule has 0 saturated heterocycles. The van der Waals surface area contributed by atoms with Crippen molar-refractivity contribution in [3.63, 3.8) is 0 Å². The van der Waals surface area contributed by atoms with Crippen molar-refractivity contribution in [3.05, 3.63) is 36.7 Å². The molecule has 0 atom stereocenters. The Morgan fingerprint density at radius 1 is 1.26 bits per heavy atom. The molecule has 118 valence electrons. The van der Waals surface area contributed by atoms with Gasteiger partial charge in [-0.3, -0.25) is 4.79 Å². The fourth-order valence-electron chi connectivity index (χ4n) is 2.13. The Bertz CT molecular complexity index is 830. The zero-order valence-electron chi connectivity index (χ0n) is 12.8. The highest BCUT2D eigenvalue weighted by atomic mass is 32.1. The van der Waals surface area contributed by atoms with Crippen LogP contribution in [-0.2, 0) is 4.79 Å². The summed E-state index contributed by atoms with van der Waals surface area (Å²) in [6, 6.07) is 9.89. The first-order valence-corrected chi connectivity index (χ1v) is 7.86. The number of methoxy groups -OCH3 is 1. The van der Waals surface area contributed by atoms with Crippen LogP contribution >= 0.6 is 11.3 Å². The van der Waals surface area contributed by atoms with Crippen LogP contribution < -0.4 is 15.4 Å². The molecule has 3 rings (SSSR count). The normalized spacial score (nSPS) is 10.5. The smallest absolute Gasteiger partial charge is 0.239 e. The lowest BCUT2D eigenvalue weighted by molar-refractivity contribution is -0.118. The molecule has 2 aromatic heterocycles. The summed E-state index contributed by atoms with van der Waals surface area (Å²) in [6.45, 7) is 0.179. The van der Waals surface area contributed by atoms with E-state index in [1.54, 1.807) is 25.5 Å². The fourth-order valence-corrected chi connectivity index (χ4v) is 3.21. The van der Waals surface area contributed by atoms with Crippen molar-refractivity contribution in [3.8, 4) is 16.2 Å². The Labute approximate surface area is 137 Å². The summed E-state index contributed by atoms with van der Waals surface area (Å²) in [5, 5.41) is 5.62.